The molecule has 0 aromatic heterocycles. The van der Waals surface area contributed by atoms with Crippen molar-refractivity contribution in [2.24, 2.45) is 0 Å². The number of para-hydroxylation sites is 1. The first-order chi connectivity index (χ1) is 14.9. The van der Waals surface area contributed by atoms with E-state index in [4.69, 9.17) is 0 Å². The Morgan fingerprint density at radius 1 is 0.903 bits per heavy atom. The van der Waals surface area contributed by atoms with Gasteiger partial charge in [-0.1, -0.05) is 74.0 Å². The van der Waals surface area contributed by atoms with Crippen LogP contribution in [-0.4, -0.2) is 20.4 Å². The molecule has 0 saturated carbocycles. The summed E-state index contributed by atoms with van der Waals surface area (Å²) in [7, 11) is -3.89. The topological polar surface area (TPSA) is 66.5 Å². The average Bonchev–Trinajstić information content (AvgIpc) is 2.79. The summed E-state index contributed by atoms with van der Waals surface area (Å²) < 4.78 is 28.6. The van der Waals surface area contributed by atoms with Gasteiger partial charge in [0.25, 0.3) is 15.9 Å². The lowest BCUT2D eigenvalue weighted by molar-refractivity contribution is 0.0939. The van der Waals surface area contributed by atoms with Gasteiger partial charge in [-0.25, -0.2) is 8.42 Å². The molecular formula is C25H28N2O3S. The molecular weight excluding hydrogens is 408 g/mol. The second kappa shape index (κ2) is 10.3. The molecule has 0 aliphatic carbocycles. The predicted octanol–water partition coefficient (Wildman–Crippen LogP) is 5.00. The molecule has 1 atom stereocenters. The summed E-state index contributed by atoms with van der Waals surface area (Å²) in [5, 5.41) is 2.99. The molecule has 31 heavy (non-hydrogen) atoms. The van der Waals surface area contributed by atoms with Gasteiger partial charge in [-0.05, 0) is 43.2 Å². The second-order valence-corrected chi connectivity index (χ2v) is 9.35. The van der Waals surface area contributed by atoms with Gasteiger partial charge in [-0.15, -0.1) is 0 Å². The molecule has 3 aromatic carbocycles. The van der Waals surface area contributed by atoms with E-state index in [0.717, 1.165) is 18.4 Å². The van der Waals surface area contributed by atoms with Gasteiger partial charge < -0.3 is 5.32 Å². The Bertz CT molecular complexity index is 1100. The number of amides is 1. The molecule has 0 heterocycles. The molecule has 3 rings (SSSR count). The Morgan fingerprint density at radius 2 is 1.48 bits per heavy atom. The van der Waals surface area contributed by atoms with E-state index in [2.05, 4.69) is 12.2 Å². The third-order valence-electron chi connectivity index (χ3n) is 5.02. The molecule has 162 valence electrons. The molecule has 0 aliphatic rings. The number of sulfonamides is 1. The van der Waals surface area contributed by atoms with E-state index in [1.54, 1.807) is 54.6 Å². The Hall–Kier alpha value is -3.12. The second-order valence-electron chi connectivity index (χ2n) is 7.49. The summed E-state index contributed by atoms with van der Waals surface area (Å²) in [4.78, 5) is 13.2. The van der Waals surface area contributed by atoms with Gasteiger partial charge in [0.05, 0.1) is 22.7 Å². The van der Waals surface area contributed by atoms with Crippen molar-refractivity contribution >= 4 is 21.6 Å². The van der Waals surface area contributed by atoms with Gasteiger partial charge in [0.1, 0.15) is 0 Å². The zero-order valence-electron chi connectivity index (χ0n) is 17.9. The van der Waals surface area contributed by atoms with Crippen molar-refractivity contribution in [2.75, 3.05) is 4.31 Å². The maximum absolute atomic E-state index is 13.6. The largest absolute Gasteiger partial charge is 0.350 e. The first-order valence-electron chi connectivity index (χ1n) is 10.4. The van der Waals surface area contributed by atoms with Crippen LogP contribution in [0, 0.1) is 0 Å². The monoisotopic (exact) mass is 436 g/mol. The van der Waals surface area contributed by atoms with E-state index in [0.29, 0.717) is 11.3 Å². The van der Waals surface area contributed by atoms with E-state index < -0.39 is 10.0 Å². The molecule has 5 nitrogen and oxygen atoms in total. The molecule has 0 fully saturated rings. The van der Waals surface area contributed by atoms with Crippen molar-refractivity contribution in [1.29, 1.82) is 0 Å². The van der Waals surface area contributed by atoms with Crippen molar-refractivity contribution in [2.45, 2.75) is 44.2 Å². The maximum atomic E-state index is 13.6. The molecule has 1 N–H and O–H groups in total. The van der Waals surface area contributed by atoms with Crippen LogP contribution >= 0.6 is 0 Å². The van der Waals surface area contributed by atoms with Crippen molar-refractivity contribution < 1.29 is 13.2 Å². The van der Waals surface area contributed by atoms with Crippen LogP contribution in [0.1, 0.15) is 42.6 Å². The lowest BCUT2D eigenvalue weighted by Gasteiger charge is -2.27. The fourth-order valence-corrected chi connectivity index (χ4v) is 4.95. The van der Waals surface area contributed by atoms with Crippen molar-refractivity contribution in [3.63, 3.8) is 0 Å². The zero-order chi connectivity index (χ0) is 22.3. The van der Waals surface area contributed by atoms with Crippen LogP contribution in [0.25, 0.3) is 0 Å². The normalized spacial score (nSPS) is 12.2. The fourth-order valence-electron chi connectivity index (χ4n) is 3.46. The SMILES string of the molecule is CCC[C@@H](C)NC(=O)c1ccccc1N(Cc1ccccc1)S(=O)(=O)c1ccccc1. The minimum Gasteiger partial charge on any atom is -0.350 e. The summed E-state index contributed by atoms with van der Waals surface area (Å²) in [5.74, 6) is -0.280. The highest BCUT2D eigenvalue weighted by Crippen LogP contribution is 2.29. The van der Waals surface area contributed by atoms with Crippen LogP contribution in [0.5, 0.6) is 0 Å². The quantitative estimate of drug-likeness (QED) is 0.513. The molecule has 0 saturated heterocycles. The number of rotatable bonds is 9. The smallest absolute Gasteiger partial charge is 0.264 e. The molecule has 0 aliphatic heterocycles. The van der Waals surface area contributed by atoms with Gasteiger partial charge >= 0.3 is 0 Å². The van der Waals surface area contributed by atoms with E-state index in [1.165, 1.54) is 4.31 Å². The number of carbonyl (C=O) groups is 1. The summed E-state index contributed by atoms with van der Waals surface area (Å²) in [6, 6.07) is 24.5. The third-order valence-corrected chi connectivity index (χ3v) is 6.79. The van der Waals surface area contributed by atoms with E-state index >= 15 is 0 Å². The van der Waals surface area contributed by atoms with Gasteiger partial charge in [-0.3, -0.25) is 9.10 Å². The fraction of sp³-hybridized carbons (Fsp3) is 0.240. The minimum atomic E-state index is -3.89. The molecule has 1 amide bonds. The molecule has 0 bridgehead atoms. The van der Waals surface area contributed by atoms with Gasteiger partial charge in [0, 0.05) is 6.04 Å². The lowest BCUT2D eigenvalue weighted by atomic mass is 10.1. The summed E-state index contributed by atoms with van der Waals surface area (Å²) in [6.07, 6.45) is 1.80. The summed E-state index contributed by atoms with van der Waals surface area (Å²) >= 11 is 0. The number of anilines is 1. The minimum absolute atomic E-state index is 0.00106. The van der Waals surface area contributed by atoms with Crippen LogP contribution in [-0.2, 0) is 16.6 Å². The van der Waals surface area contributed by atoms with Gasteiger partial charge in [0.15, 0.2) is 0 Å². The molecule has 0 unspecified atom stereocenters. The number of hydrogen-bond acceptors (Lipinski definition) is 3. The van der Waals surface area contributed by atoms with Crippen LogP contribution in [0.2, 0.25) is 0 Å². The van der Waals surface area contributed by atoms with Gasteiger partial charge in [-0.2, -0.15) is 0 Å². The molecule has 0 radical (unpaired) electrons. The third kappa shape index (κ3) is 5.52. The standard InChI is InChI=1S/C25H28N2O3S/c1-3-12-20(2)26-25(28)23-17-10-11-18-24(23)27(19-21-13-6-4-7-14-21)31(29,30)22-15-8-5-9-16-22/h4-11,13-18,20H,3,12,19H2,1-2H3,(H,26,28)/t20-/m1/s1. The number of hydrogen-bond donors (Lipinski definition) is 1. The highest BCUT2D eigenvalue weighted by Gasteiger charge is 2.28. The van der Waals surface area contributed by atoms with Crippen LogP contribution in [0.4, 0.5) is 5.69 Å². The van der Waals surface area contributed by atoms with E-state index in [1.807, 2.05) is 37.3 Å². The summed E-state index contributed by atoms with van der Waals surface area (Å²) in [6.45, 7) is 4.13. The number of nitrogens with zero attached hydrogens (tertiary/aromatic N) is 1. The van der Waals surface area contributed by atoms with Gasteiger partial charge in [0.2, 0.25) is 0 Å². The highest BCUT2D eigenvalue weighted by molar-refractivity contribution is 7.92. The van der Waals surface area contributed by atoms with E-state index in [9.17, 15) is 13.2 Å². The predicted molar refractivity (Wildman–Crippen MR) is 125 cm³/mol. The molecule has 3 aromatic rings. The summed E-state index contributed by atoms with van der Waals surface area (Å²) in [5.41, 5.74) is 1.52. The van der Waals surface area contributed by atoms with Crippen molar-refractivity contribution in [3.05, 3.63) is 96.1 Å². The van der Waals surface area contributed by atoms with Crippen LogP contribution in [0.15, 0.2) is 89.8 Å². The number of benzene rings is 3. The maximum Gasteiger partial charge on any atom is 0.264 e. The Kier molecular flexibility index (Phi) is 7.47. The number of carbonyl (C=O) groups excluding carboxylic acids is 1. The Balaban J connectivity index is 2.07. The molecule has 0 spiro atoms. The first kappa shape index (κ1) is 22.6. The molecule has 6 heteroatoms. The van der Waals surface area contributed by atoms with Crippen LogP contribution < -0.4 is 9.62 Å². The zero-order valence-corrected chi connectivity index (χ0v) is 18.7. The van der Waals surface area contributed by atoms with Crippen molar-refractivity contribution in [3.8, 4) is 0 Å². The van der Waals surface area contributed by atoms with Crippen molar-refractivity contribution in [1.82, 2.24) is 5.32 Å². The van der Waals surface area contributed by atoms with Crippen LogP contribution in [0.3, 0.4) is 0 Å². The lowest BCUT2D eigenvalue weighted by Crippen LogP contribution is -2.36. The van der Waals surface area contributed by atoms with E-state index in [-0.39, 0.29) is 23.4 Å². The average molecular weight is 437 g/mol. The highest BCUT2D eigenvalue weighted by atomic mass is 32.2. The Morgan fingerprint density at radius 3 is 2.13 bits per heavy atom. The Labute approximate surface area is 184 Å². The number of nitrogens with one attached hydrogen (secondary N) is 1. The first-order valence-corrected chi connectivity index (χ1v) is 11.9.